The SMILES string of the molecule is CC1(C(=O)c2cncnc2)CC1. The quantitative estimate of drug-likeness (QED) is 0.618. The smallest absolute Gasteiger partial charge is 0.171 e. The van der Waals surface area contributed by atoms with Gasteiger partial charge in [0.15, 0.2) is 5.78 Å². The summed E-state index contributed by atoms with van der Waals surface area (Å²) in [6.07, 6.45) is 6.60. The Hall–Kier alpha value is -1.25. The van der Waals surface area contributed by atoms with Gasteiger partial charge in [-0.1, -0.05) is 6.92 Å². The summed E-state index contributed by atoms with van der Waals surface area (Å²) in [5.41, 5.74) is 0.530. The summed E-state index contributed by atoms with van der Waals surface area (Å²) in [5, 5.41) is 0. The van der Waals surface area contributed by atoms with E-state index in [0.717, 1.165) is 12.8 Å². The number of hydrogen-bond donors (Lipinski definition) is 0. The van der Waals surface area contributed by atoms with Gasteiger partial charge in [0.2, 0.25) is 0 Å². The van der Waals surface area contributed by atoms with Crippen LogP contribution in [0, 0.1) is 5.41 Å². The number of ketones is 1. The standard InChI is InChI=1S/C9H10N2O/c1-9(2-3-9)8(12)7-4-10-6-11-5-7/h4-6H,2-3H2,1H3. The molecule has 0 N–H and O–H groups in total. The highest BCUT2D eigenvalue weighted by molar-refractivity contribution is 6.01. The Labute approximate surface area is 70.9 Å². The summed E-state index contributed by atoms with van der Waals surface area (Å²) >= 11 is 0. The van der Waals surface area contributed by atoms with Crippen LogP contribution in [0.4, 0.5) is 0 Å². The third kappa shape index (κ3) is 1.11. The van der Waals surface area contributed by atoms with Crippen molar-refractivity contribution in [3.8, 4) is 0 Å². The van der Waals surface area contributed by atoms with Crippen molar-refractivity contribution in [3.63, 3.8) is 0 Å². The minimum Gasteiger partial charge on any atom is -0.293 e. The van der Waals surface area contributed by atoms with Crippen molar-refractivity contribution in [2.45, 2.75) is 19.8 Å². The maximum absolute atomic E-state index is 11.6. The predicted molar refractivity (Wildman–Crippen MR) is 43.7 cm³/mol. The number of carbonyl (C=O) groups is 1. The summed E-state index contributed by atoms with van der Waals surface area (Å²) < 4.78 is 0. The Balaban J connectivity index is 2.26. The molecule has 1 fully saturated rings. The van der Waals surface area contributed by atoms with Crippen LogP contribution in [0.25, 0.3) is 0 Å². The van der Waals surface area contributed by atoms with Gasteiger partial charge < -0.3 is 0 Å². The van der Waals surface area contributed by atoms with E-state index in [2.05, 4.69) is 9.97 Å². The van der Waals surface area contributed by atoms with Gasteiger partial charge in [-0.25, -0.2) is 9.97 Å². The lowest BCUT2D eigenvalue weighted by atomic mass is 9.99. The lowest BCUT2D eigenvalue weighted by molar-refractivity contribution is 0.0912. The van der Waals surface area contributed by atoms with Gasteiger partial charge in [-0.2, -0.15) is 0 Å². The number of Topliss-reactive ketones (excluding diaryl/α,β-unsaturated/α-hetero) is 1. The average molecular weight is 162 g/mol. The van der Waals surface area contributed by atoms with Crippen LogP contribution in [0.2, 0.25) is 0 Å². The molecule has 0 spiro atoms. The van der Waals surface area contributed by atoms with Crippen LogP contribution in [0.3, 0.4) is 0 Å². The highest BCUT2D eigenvalue weighted by Crippen LogP contribution is 2.47. The molecule has 1 saturated carbocycles. The highest BCUT2D eigenvalue weighted by atomic mass is 16.1. The minimum absolute atomic E-state index is 0.106. The molecule has 62 valence electrons. The minimum atomic E-state index is -0.106. The van der Waals surface area contributed by atoms with E-state index in [1.807, 2.05) is 6.92 Å². The van der Waals surface area contributed by atoms with E-state index in [1.165, 1.54) is 6.33 Å². The van der Waals surface area contributed by atoms with Crippen LogP contribution >= 0.6 is 0 Å². The van der Waals surface area contributed by atoms with Gasteiger partial charge in [0, 0.05) is 17.8 Å². The molecule has 3 nitrogen and oxygen atoms in total. The molecule has 1 aliphatic carbocycles. The van der Waals surface area contributed by atoms with Gasteiger partial charge in [-0.05, 0) is 12.8 Å². The molecule has 3 heteroatoms. The first-order valence-electron chi connectivity index (χ1n) is 4.02. The predicted octanol–water partition coefficient (Wildman–Crippen LogP) is 1.46. The number of carbonyl (C=O) groups excluding carboxylic acids is 1. The molecule has 0 atom stereocenters. The van der Waals surface area contributed by atoms with Crippen LogP contribution in [-0.4, -0.2) is 15.8 Å². The van der Waals surface area contributed by atoms with E-state index in [-0.39, 0.29) is 11.2 Å². The molecule has 1 aromatic rings. The van der Waals surface area contributed by atoms with Crippen molar-refractivity contribution in [2.24, 2.45) is 5.41 Å². The number of nitrogens with zero attached hydrogens (tertiary/aromatic N) is 2. The summed E-state index contributed by atoms with van der Waals surface area (Å²) in [4.78, 5) is 19.3. The van der Waals surface area contributed by atoms with Gasteiger partial charge in [0.25, 0.3) is 0 Å². The summed E-state index contributed by atoms with van der Waals surface area (Å²) in [5.74, 6) is 0.183. The van der Waals surface area contributed by atoms with E-state index in [4.69, 9.17) is 0 Å². The number of aromatic nitrogens is 2. The second-order valence-electron chi connectivity index (χ2n) is 3.52. The maximum atomic E-state index is 11.6. The molecule has 0 amide bonds. The van der Waals surface area contributed by atoms with Crippen LogP contribution in [0.15, 0.2) is 18.7 Å². The molecule has 1 aromatic heterocycles. The molecule has 0 radical (unpaired) electrons. The maximum Gasteiger partial charge on any atom is 0.171 e. The molecule has 1 heterocycles. The third-order valence-electron chi connectivity index (χ3n) is 2.37. The zero-order valence-corrected chi connectivity index (χ0v) is 6.95. The van der Waals surface area contributed by atoms with Gasteiger partial charge in [0.1, 0.15) is 6.33 Å². The third-order valence-corrected chi connectivity index (χ3v) is 2.37. The molecular weight excluding hydrogens is 152 g/mol. The summed E-state index contributed by atoms with van der Waals surface area (Å²) in [6, 6.07) is 0. The van der Waals surface area contributed by atoms with Gasteiger partial charge in [0.05, 0.1) is 5.56 Å². The van der Waals surface area contributed by atoms with Crippen LogP contribution < -0.4 is 0 Å². The fraction of sp³-hybridized carbons (Fsp3) is 0.444. The van der Waals surface area contributed by atoms with Crippen molar-refractivity contribution in [1.82, 2.24) is 9.97 Å². The zero-order chi connectivity index (χ0) is 8.60. The zero-order valence-electron chi connectivity index (χ0n) is 6.95. The summed E-state index contributed by atoms with van der Waals surface area (Å²) in [7, 11) is 0. The number of hydrogen-bond acceptors (Lipinski definition) is 3. The van der Waals surface area contributed by atoms with Gasteiger partial charge in [-0.15, -0.1) is 0 Å². The van der Waals surface area contributed by atoms with E-state index >= 15 is 0 Å². The van der Waals surface area contributed by atoms with E-state index < -0.39 is 0 Å². The lowest BCUT2D eigenvalue weighted by Crippen LogP contribution is -2.12. The van der Waals surface area contributed by atoms with Gasteiger partial charge >= 0.3 is 0 Å². The van der Waals surface area contributed by atoms with Crippen molar-refractivity contribution in [2.75, 3.05) is 0 Å². The van der Waals surface area contributed by atoms with Crippen LogP contribution in [-0.2, 0) is 0 Å². The molecule has 0 saturated heterocycles. The molecule has 0 aromatic carbocycles. The molecule has 12 heavy (non-hydrogen) atoms. The van der Waals surface area contributed by atoms with E-state index in [0.29, 0.717) is 5.56 Å². The first-order valence-corrected chi connectivity index (χ1v) is 4.02. The first-order chi connectivity index (χ1) is 5.72. The fourth-order valence-corrected chi connectivity index (χ4v) is 1.18. The summed E-state index contributed by atoms with van der Waals surface area (Å²) in [6.45, 7) is 1.99. The Morgan fingerprint density at radius 1 is 1.42 bits per heavy atom. The molecule has 0 bridgehead atoms. The van der Waals surface area contributed by atoms with Crippen molar-refractivity contribution >= 4 is 5.78 Å². The normalized spacial score (nSPS) is 18.8. The molecular formula is C9H10N2O. The van der Waals surface area contributed by atoms with Crippen molar-refractivity contribution in [3.05, 3.63) is 24.3 Å². The van der Waals surface area contributed by atoms with E-state index in [9.17, 15) is 4.79 Å². The second-order valence-corrected chi connectivity index (χ2v) is 3.52. The number of rotatable bonds is 2. The lowest BCUT2D eigenvalue weighted by Gasteiger charge is -2.04. The van der Waals surface area contributed by atoms with Gasteiger partial charge in [-0.3, -0.25) is 4.79 Å². The van der Waals surface area contributed by atoms with Crippen LogP contribution in [0.1, 0.15) is 30.1 Å². The second kappa shape index (κ2) is 2.37. The van der Waals surface area contributed by atoms with Crippen molar-refractivity contribution < 1.29 is 4.79 Å². The Kier molecular flexibility index (Phi) is 1.46. The first kappa shape index (κ1) is 7.40. The van der Waals surface area contributed by atoms with Crippen LogP contribution in [0.5, 0.6) is 0 Å². The Morgan fingerprint density at radius 2 is 2.00 bits per heavy atom. The molecule has 0 aliphatic heterocycles. The average Bonchev–Trinajstić information content (AvgIpc) is 2.85. The largest absolute Gasteiger partial charge is 0.293 e. The topological polar surface area (TPSA) is 42.9 Å². The molecule has 1 aliphatic rings. The fourth-order valence-electron chi connectivity index (χ4n) is 1.18. The van der Waals surface area contributed by atoms with E-state index in [1.54, 1.807) is 12.4 Å². The highest BCUT2D eigenvalue weighted by Gasteiger charge is 2.45. The monoisotopic (exact) mass is 162 g/mol. The molecule has 2 rings (SSSR count). The Morgan fingerprint density at radius 3 is 2.50 bits per heavy atom. The molecule has 0 unspecified atom stereocenters. The Bertz CT molecular complexity index is 304. The van der Waals surface area contributed by atoms with Crippen molar-refractivity contribution in [1.29, 1.82) is 0 Å².